The lowest BCUT2D eigenvalue weighted by atomic mass is 10.00. The zero-order chi connectivity index (χ0) is 26.3. The van der Waals surface area contributed by atoms with Crippen LogP contribution in [-0.2, 0) is 10.0 Å². The van der Waals surface area contributed by atoms with Crippen molar-refractivity contribution in [2.24, 2.45) is 0 Å². The van der Waals surface area contributed by atoms with Crippen LogP contribution in [0.5, 0.6) is 0 Å². The Balaban J connectivity index is 1.64. The molecular formula is C28H29N5O2S2. The summed E-state index contributed by atoms with van der Waals surface area (Å²) in [6.07, 6.45) is 5.01. The van der Waals surface area contributed by atoms with Gasteiger partial charge in [0, 0.05) is 29.5 Å². The fraction of sp³-hybridized carbons (Fsp3) is 0.214. The van der Waals surface area contributed by atoms with Gasteiger partial charge in [0.2, 0.25) is 10.0 Å². The van der Waals surface area contributed by atoms with Gasteiger partial charge in [0.1, 0.15) is 6.04 Å². The standard InChI is InChI=1S/C28H29N5O2S2/c1-18-10-11-21(16-19(18)2)32-15-7-9-25(32)27-26(24-8-5-6-14-29-24)30-28(36)33(27)22-12-13-23(20(3)17-22)31-37(4,34)35/h5-17,26-27,31H,1-4H3,(H,30,36)/t26-,27+/m0/s1. The van der Waals surface area contributed by atoms with Gasteiger partial charge in [0.25, 0.3) is 0 Å². The first-order chi connectivity index (χ1) is 17.6. The van der Waals surface area contributed by atoms with Gasteiger partial charge in [-0.1, -0.05) is 12.1 Å². The highest BCUT2D eigenvalue weighted by Crippen LogP contribution is 2.43. The molecule has 2 aromatic heterocycles. The van der Waals surface area contributed by atoms with Gasteiger partial charge in [0.15, 0.2) is 5.11 Å². The molecule has 7 nitrogen and oxygen atoms in total. The highest BCUT2D eigenvalue weighted by molar-refractivity contribution is 7.92. The number of pyridine rings is 1. The average molecular weight is 532 g/mol. The van der Waals surface area contributed by atoms with E-state index in [0.29, 0.717) is 10.8 Å². The fourth-order valence-corrected chi connectivity index (χ4v) is 5.77. The Morgan fingerprint density at radius 3 is 2.35 bits per heavy atom. The van der Waals surface area contributed by atoms with Crippen LogP contribution in [0, 0.1) is 20.8 Å². The van der Waals surface area contributed by atoms with Gasteiger partial charge in [-0.2, -0.15) is 0 Å². The summed E-state index contributed by atoms with van der Waals surface area (Å²) >= 11 is 5.88. The van der Waals surface area contributed by atoms with Crippen molar-refractivity contribution in [2.45, 2.75) is 32.9 Å². The Kier molecular flexibility index (Phi) is 6.51. The van der Waals surface area contributed by atoms with Gasteiger partial charge < -0.3 is 14.8 Å². The van der Waals surface area contributed by atoms with Crippen LogP contribution in [-0.4, -0.2) is 29.3 Å². The third-order valence-corrected chi connectivity index (χ3v) is 7.64. The first-order valence-corrected chi connectivity index (χ1v) is 14.3. The molecule has 190 valence electrons. The molecule has 1 fully saturated rings. The normalized spacial score (nSPS) is 17.6. The highest BCUT2D eigenvalue weighted by Gasteiger charge is 2.42. The van der Waals surface area contributed by atoms with E-state index >= 15 is 0 Å². The number of hydrogen-bond acceptors (Lipinski definition) is 4. The molecule has 0 unspecified atom stereocenters. The lowest BCUT2D eigenvalue weighted by Crippen LogP contribution is -2.30. The molecule has 1 aliphatic heterocycles. The molecule has 2 N–H and O–H groups in total. The first-order valence-electron chi connectivity index (χ1n) is 12.0. The molecule has 0 radical (unpaired) electrons. The van der Waals surface area contributed by atoms with Gasteiger partial charge in [-0.05, 0) is 104 Å². The maximum absolute atomic E-state index is 11.8. The second-order valence-electron chi connectivity index (χ2n) is 9.44. The second-order valence-corrected chi connectivity index (χ2v) is 11.6. The molecule has 0 saturated carbocycles. The van der Waals surface area contributed by atoms with Crippen LogP contribution < -0.4 is 14.9 Å². The van der Waals surface area contributed by atoms with Crippen molar-refractivity contribution in [1.29, 1.82) is 0 Å². The SMILES string of the molecule is Cc1ccc(-n2cccc2[C@@H]2[C@H](c3ccccn3)NC(=S)N2c2ccc(NS(C)(=O)=O)c(C)c2)cc1C. The molecule has 0 aliphatic carbocycles. The predicted molar refractivity (Wildman–Crippen MR) is 153 cm³/mol. The summed E-state index contributed by atoms with van der Waals surface area (Å²) in [7, 11) is -3.39. The smallest absolute Gasteiger partial charge is 0.229 e. The Morgan fingerprint density at radius 1 is 0.919 bits per heavy atom. The van der Waals surface area contributed by atoms with Crippen molar-refractivity contribution in [2.75, 3.05) is 15.9 Å². The molecule has 4 aromatic rings. The van der Waals surface area contributed by atoms with Gasteiger partial charge in [-0.15, -0.1) is 0 Å². The van der Waals surface area contributed by atoms with Crippen LogP contribution in [0.25, 0.3) is 5.69 Å². The number of aromatic nitrogens is 2. The topological polar surface area (TPSA) is 79.3 Å². The van der Waals surface area contributed by atoms with E-state index in [1.807, 2.05) is 43.3 Å². The lowest BCUT2D eigenvalue weighted by molar-refractivity contribution is 0.549. The van der Waals surface area contributed by atoms with Crippen LogP contribution in [0.1, 0.15) is 40.2 Å². The molecule has 3 heterocycles. The molecule has 1 aliphatic rings. The van der Waals surface area contributed by atoms with Crippen LogP contribution in [0.15, 0.2) is 79.1 Å². The fourth-order valence-electron chi connectivity index (χ4n) is 4.79. The van der Waals surface area contributed by atoms with Gasteiger partial charge in [-0.3, -0.25) is 9.71 Å². The van der Waals surface area contributed by atoms with E-state index in [1.165, 1.54) is 11.1 Å². The summed E-state index contributed by atoms with van der Waals surface area (Å²) in [5, 5.41) is 4.08. The predicted octanol–water partition coefficient (Wildman–Crippen LogP) is 5.35. The Morgan fingerprint density at radius 2 is 1.68 bits per heavy atom. The van der Waals surface area contributed by atoms with Gasteiger partial charge in [-0.25, -0.2) is 8.42 Å². The third kappa shape index (κ3) is 4.97. The summed E-state index contributed by atoms with van der Waals surface area (Å²) in [6.45, 7) is 6.11. The van der Waals surface area contributed by atoms with Crippen molar-refractivity contribution < 1.29 is 8.42 Å². The minimum atomic E-state index is -3.39. The average Bonchev–Trinajstić information content (AvgIpc) is 3.46. The maximum atomic E-state index is 11.8. The summed E-state index contributed by atoms with van der Waals surface area (Å²) in [5.41, 5.74) is 7.69. The molecule has 9 heteroatoms. The Hall–Kier alpha value is -3.69. The number of nitrogens with one attached hydrogen (secondary N) is 2. The van der Waals surface area contributed by atoms with Crippen molar-refractivity contribution in [3.05, 3.63) is 107 Å². The molecule has 5 rings (SSSR count). The van der Waals surface area contributed by atoms with E-state index in [4.69, 9.17) is 12.2 Å². The molecule has 0 bridgehead atoms. The summed E-state index contributed by atoms with van der Waals surface area (Å²) < 4.78 is 28.4. The summed E-state index contributed by atoms with van der Waals surface area (Å²) in [6, 6.07) is 21.7. The molecule has 1 saturated heterocycles. The Bertz CT molecular complexity index is 1580. The van der Waals surface area contributed by atoms with E-state index < -0.39 is 10.0 Å². The maximum Gasteiger partial charge on any atom is 0.229 e. The zero-order valence-corrected chi connectivity index (χ0v) is 22.8. The van der Waals surface area contributed by atoms with E-state index in [-0.39, 0.29) is 12.1 Å². The number of hydrogen-bond donors (Lipinski definition) is 2. The van der Waals surface area contributed by atoms with Gasteiger partial charge in [0.05, 0.1) is 23.7 Å². The molecule has 2 atom stereocenters. The van der Waals surface area contributed by atoms with Crippen molar-refractivity contribution in [1.82, 2.24) is 14.9 Å². The number of benzene rings is 2. The number of rotatable bonds is 6. The van der Waals surface area contributed by atoms with E-state index in [1.54, 1.807) is 12.3 Å². The van der Waals surface area contributed by atoms with E-state index in [2.05, 4.69) is 68.8 Å². The molecule has 0 amide bonds. The van der Waals surface area contributed by atoms with Crippen LogP contribution in [0.3, 0.4) is 0 Å². The quantitative estimate of drug-likeness (QED) is 0.327. The van der Waals surface area contributed by atoms with E-state index in [0.717, 1.165) is 34.6 Å². The number of sulfonamides is 1. The second kappa shape index (κ2) is 9.64. The van der Waals surface area contributed by atoms with Gasteiger partial charge >= 0.3 is 0 Å². The van der Waals surface area contributed by atoms with E-state index in [9.17, 15) is 8.42 Å². The molecular weight excluding hydrogens is 502 g/mol. The summed E-state index contributed by atoms with van der Waals surface area (Å²) in [5.74, 6) is 0. The Labute approximate surface area is 223 Å². The largest absolute Gasteiger partial charge is 0.351 e. The molecule has 0 spiro atoms. The minimum absolute atomic E-state index is 0.192. The van der Waals surface area contributed by atoms with Crippen molar-refractivity contribution >= 4 is 38.7 Å². The zero-order valence-electron chi connectivity index (χ0n) is 21.1. The van der Waals surface area contributed by atoms with Crippen LogP contribution in [0.4, 0.5) is 11.4 Å². The number of thiocarbonyl (C=S) groups is 1. The molecule has 37 heavy (non-hydrogen) atoms. The molecule has 2 aromatic carbocycles. The number of aryl methyl sites for hydroxylation is 3. The monoisotopic (exact) mass is 531 g/mol. The number of anilines is 2. The number of nitrogens with zero attached hydrogens (tertiary/aromatic N) is 3. The van der Waals surface area contributed by atoms with Crippen LogP contribution >= 0.6 is 12.2 Å². The first kappa shape index (κ1) is 25.0. The lowest BCUT2D eigenvalue weighted by Gasteiger charge is -2.29. The third-order valence-electron chi connectivity index (χ3n) is 6.73. The van der Waals surface area contributed by atoms with Crippen LogP contribution in [0.2, 0.25) is 0 Å². The van der Waals surface area contributed by atoms with Crippen molar-refractivity contribution in [3.63, 3.8) is 0 Å². The van der Waals surface area contributed by atoms with Crippen molar-refractivity contribution in [3.8, 4) is 5.69 Å². The summed E-state index contributed by atoms with van der Waals surface area (Å²) in [4.78, 5) is 6.74. The highest BCUT2D eigenvalue weighted by atomic mass is 32.2. The minimum Gasteiger partial charge on any atom is -0.351 e.